The average molecular weight is 214 g/mol. The van der Waals surface area contributed by atoms with Crippen LogP contribution in [-0.4, -0.2) is 58.9 Å². The van der Waals surface area contributed by atoms with Crippen molar-refractivity contribution in [1.82, 2.24) is 9.80 Å². The molecule has 84 valence electrons. The number of carboxylic acid groups (broad SMARTS) is 1. The van der Waals surface area contributed by atoms with E-state index < -0.39 is 5.97 Å². The molecule has 1 aliphatic heterocycles. The topological polar surface area (TPSA) is 77.9 Å². The van der Waals surface area contributed by atoms with E-state index in [1.54, 1.807) is 6.92 Å². The third-order valence-electron chi connectivity index (χ3n) is 2.30. The second-order valence-corrected chi connectivity index (χ2v) is 3.38. The minimum absolute atomic E-state index is 0.0000463. The molecule has 1 N–H and O–H groups in total. The smallest absolute Gasteiger partial charge is 0.323 e. The van der Waals surface area contributed by atoms with Crippen LogP contribution in [0.15, 0.2) is 0 Å². The van der Waals surface area contributed by atoms with Crippen molar-refractivity contribution in [2.75, 3.05) is 26.2 Å². The van der Waals surface area contributed by atoms with Gasteiger partial charge in [-0.3, -0.25) is 14.4 Å². The molecule has 0 bridgehead atoms. The molecular weight excluding hydrogens is 200 g/mol. The van der Waals surface area contributed by atoms with Gasteiger partial charge in [0.05, 0.1) is 6.54 Å². The van der Waals surface area contributed by atoms with Gasteiger partial charge in [0.15, 0.2) is 0 Å². The van der Waals surface area contributed by atoms with E-state index in [2.05, 4.69) is 0 Å². The van der Waals surface area contributed by atoms with Crippen molar-refractivity contribution in [2.24, 2.45) is 0 Å². The van der Waals surface area contributed by atoms with Gasteiger partial charge in [-0.15, -0.1) is 0 Å². The van der Waals surface area contributed by atoms with Crippen LogP contribution >= 0.6 is 0 Å². The monoisotopic (exact) mass is 214 g/mol. The lowest BCUT2D eigenvalue weighted by Gasteiger charge is -2.33. The molecule has 15 heavy (non-hydrogen) atoms. The van der Waals surface area contributed by atoms with Crippen LogP contribution in [0.4, 0.5) is 0 Å². The molecule has 1 rings (SSSR count). The average Bonchev–Trinajstić information content (AvgIpc) is 2.19. The number of nitrogens with zero attached hydrogens (tertiary/aromatic N) is 2. The van der Waals surface area contributed by atoms with Gasteiger partial charge in [-0.25, -0.2) is 0 Å². The van der Waals surface area contributed by atoms with E-state index in [-0.39, 0.29) is 24.9 Å². The second-order valence-electron chi connectivity index (χ2n) is 3.38. The number of carbonyl (C=O) groups is 3. The Bertz CT molecular complexity index is 290. The van der Waals surface area contributed by atoms with Crippen molar-refractivity contribution in [3.05, 3.63) is 0 Å². The van der Waals surface area contributed by atoms with Gasteiger partial charge in [-0.1, -0.05) is 6.92 Å². The summed E-state index contributed by atoms with van der Waals surface area (Å²) in [7, 11) is 0. The molecule has 6 heteroatoms. The van der Waals surface area contributed by atoms with Crippen LogP contribution in [0.25, 0.3) is 0 Å². The van der Waals surface area contributed by atoms with Gasteiger partial charge in [0.2, 0.25) is 11.8 Å². The minimum Gasteiger partial charge on any atom is -0.480 e. The summed E-state index contributed by atoms with van der Waals surface area (Å²) in [4.78, 5) is 35.8. The second kappa shape index (κ2) is 4.77. The van der Waals surface area contributed by atoms with Crippen LogP contribution in [0.1, 0.15) is 13.3 Å². The van der Waals surface area contributed by atoms with Crippen molar-refractivity contribution in [3.8, 4) is 0 Å². The fourth-order valence-electron chi connectivity index (χ4n) is 1.48. The van der Waals surface area contributed by atoms with Gasteiger partial charge >= 0.3 is 5.97 Å². The SMILES string of the molecule is CCC(=O)N1CCN(CC(=O)O)C(=O)C1. The molecule has 6 nitrogen and oxygen atoms in total. The molecule has 1 saturated heterocycles. The summed E-state index contributed by atoms with van der Waals surface area (Å²) in [6.07, 6.45) is 0.367. The minimum atomic E-state index is -1.03. The molecule has 0 spiro atoms. The zero-order valence-electron chi connectivity index (χ0n) is 8.60. The highest BCUT2D eigenvalue weighted by atomic mass is 16.4. The van der Waals surface area contributed by atoms with Crippen LogP contribution in [0.5, 0.6) is 0 Å². The lowest BCUT2D eigenvalue weighted by Crippen LogP contribution is -2.53. The van der Waals surface area contributed by atoms with E-state index >= 15 is 0 Å². The summed E-state index contributed by atoms with van der Waals surface area (Å²) in [6.45, 7) is 2.17. The third-order valence-corrected chi connectivity index (χ3v) is 2.30. The summed E-state index contributed by atoms with van der Waals surface area (Å²) < 4.78 is 0. The molecule has 2 amide bonds. The first-order chi connectivity index (χ1) is 7.04. The Morgan fingerprint density at radius 3 is 2.53 bits per heavy atom. The maximum absolute atomic E-state index is 11.4. The largest absolute Gasteiger partial charge is 0.480 e. The molecule has 1 fully saturated rings. The van der Waals surface area contributed by atoms with E-state index in [0.717, 1.165) is 0 Å². The highest BCUT2D eigenvalue weighted by molar-refractivity contribution is 5.87. The van der Waals surface area contributed by atoms with Gasteiger partial charge in [-0.05, 0) is 0 Å². The summed E-state index contributed by atoms with van der Waals surface area (Å²) in [5.41, 5.74) is 0. The quantitative estimate of drug-likeness (QED) is 0.664. The standard InChI is InChI=1S/C9H14N2O4/c1-2-7(12)10-3-4-11(6-9(14)15)8(13)5-10/h2-6H2,1H3,(H,14,15). The molecule has 0 unspecified atom stereocenters. The van der Waals surface area contributed by atoms with Gasteiger partial charge < -0.3 is 14.9 Å². The number of piperazine rings is 1. The summed E-state index contributed by atoms with van der Waals surface area (Å²) in [5, 5.41) is 8.53. The Kier molecular flexibility index (Phi) is 3.65. The highest BCUT2D eigenvalue weighted by Gasteiger charge is 2.27. The van der Waals surface area contributed by atoms with Crippen molar-refractivity contribution in [2.45, 2.75) is 13.3 Å². The Hall–Kier alpha value is -1.59. The van der Waals surface area contributed by atoms with E-state index in [1.165, 1.54) is 9.80 Å². The molecule has 0 atom stereocenters. The number of carboxylic acids is 1. The molecular formula is C9H14N2O4. The van der Waals surface area contributed by atoms with E-state index in [9.17, 15) is 14.4 Å². The molecule has 0 aliphatic carbocycles. The fraction of sp³-hybridized carbons (Fsp3) is 0.667. The molecule has 1 aliphatic rings. The van der Waals surface area contributed by atoms with Gasteiger partial charge in [-0.2, -0.15) is 0 Å². The Morgan fingerprint density at radius 2 is 2.07 bits per heavy atom. The first kappa shape index (κ1) is 11.5. The van der Waals surface area contributed by atoms with Crippen LogP contribution in [0, 0.1) is 0 Å². The molecule has 0 saturated carbocycles. The number of hydrogen-bond donors (Lipinski definition) is 1. The van der Waals surface area contributed by atoms with E-state index in [1.807, 2.05) is 0 Å². The summed E-state index contributed by atoms with van der Waals surface area (Å²) in [6, 6.07) is 0. The van der Waals surface area contributed by atoms with Crippen molar-refractivity contribution in [3.63, 3.8) is 0 Å². The van der Waals surface area contributed by atoms with Crippen LogP contribution in [0.3, 0.4) is 0 Å². The molecule has 0 radical (unpaired) electrons. The van der Waals surface area contributed by atoms with Crippen LogP contribution in [0.2, 0.25) is 0 Å². The van der Waals surface area contributed by atoms with E-state index in [0.29, 0.717) is 19.5 Å². The van der Waals surface area contributed by atoms with Gasteiger partial charge in [0, 0.05) is 19.5 Å². The normalized spacial score (nSPS) is 16.7. The third kappa shape index (κ3) is 2.93. The van der Waals surface area contributed by atoms with Crippen LogP contribution in [-0.2, 0) is 14.4 Å². The molecule has 0 aromatic carbocycles. The fourth-order valence-corrected chi connectivity index (χ4v) is 1.48. The first-order valence-corrected chi connectivity index (χ1v) is 4.82. The van der Waals surface area contributed by atoms with Gasteiger partial charge in [0.1, 0.15) is 6.54 Å². The van der Waals surface area contributed by atoms with E-state index in [4.69, 9.17) is 5.11 Å². The summed E-state index contributed by atoms with van der Waals surface area (Å²) >= 11 is 0. The predicted octanol–water partition coefficient (Wildman–Crippen LogP) is -0.848. The Balaban J connectivity index is 2.51. The Morgan fingerprint density at radius 1 is 1.40 bits per heavy atom. The number of amides is 2. The van der Waals surface area contributed by atoms with Crippen molar-refractivity contribution < 1.29 is 19.5 Å². The lowest BCUT2D eigenvalue weighted by molar-refractivity contribution is -0.150. The van der Waals surface area contributed by atoms with Crippen molar-refractivity contribution in [1.29, 1.82) is 0 Å². The number of carbonyl (C=O) groups excluding carboxylic acids is 2. The lowest BCUT2D eigenvalue weighted by atomic mass is 10.2. The number of rotatable bonds is 3. The first-order valence-electron chi connectivity index (χ1n) is 4.82. The maximum Gasteiger partial charge on any atom is 0.323 e. The van der Waals surface area contributed by atoms with Gasteiger partial charge in [0.25, 0.3) is 0 Å². The molecule has 0 aromatic rings. The number of aliphatic carboxylic acids is 1. The highest BCUT2D eigenvalue weighted by Crippen LogP contribution is 2.04. The zero-order chi connectivity index (χ0) is 11.4. The predicted molar refractivity (Wildman–Crippen MR) is 51.1 cm³/mol. The maximum atomic E-state index is 11.4. The zero-order valence-corrected chi connectivity index (χ0v) is 8.60. The van der Waals surface area contributed by atoms with Crippen LogP contribution < -0.4 is 0 Å². The number of hydrogen-bond acceptors (Lipinski definition) is 3. The summed E-state index contributed by atoms with van der Waals surface area (Å²) in [5.74, 6) is -1.40. The molecule has 1 heterocycles. The molecule has 0 aromatic heterocycles. The Labute approximate surface area is 87.5 Å². The van der Waals surface area contributed by atoms with Crippen molar-refractivity contribution >= 4 is 17.8 Å².